The predicted molar refractivity (Wildman–Crippen MR) is 70.3 cm³/mol. The SMILES string of the molecule is CCN(CC1COC=N1)c1cccc(Br)c1. The van der Waals surface area contributed by atoms with E-state index in [4.69, 9.17) is 4.74 Å². The van der Waals surface area contributed by atoms with Gasteiger partial charge in [0.05, 0.1) is 0 Å². The number of rotatable bonds is 4. The summed E-state index contributed by atoms with van der Waals surface area (Å²) in [5, 5.41) is 0. The second-order valence-electron chi connectivity index (χ2n) is 3.76. The fourth-order valence-corrected chi connectivity index (χ4v) is 2.16. The van der Waals surface area contributed by atoms with E-state index in [2.05, 4.69) is 50.9 Å². The average Bonchev–Trinajstić information content (AvgIpc) is 2.78. The van der Waals surface area contributed by atoms with E-state index in [0.29, 0.717) is 6.61 Å². The smallest absolute Gasteiger partial charge is 0.169 e. The van der Waals surface area contributed by atoms with Crippen molar-refractivity contribution in [3.05, 3.63) is 28.7 Å². The number of aliphatic imine (C=N–C) groups is 1. The van der Waals surface area contributed by atoms with Gasteiger partial charge in [0, 0.05) is 23.2 Å². The van der Waals surface area contributed by atoms with Crippen molar-refractivity contribution >= 4 is 28.0 Å². The molecule has 0 saturated carbocycles. The molecule has 0 bridgehead atoms. The molecule has 1 heterocycles. The van der Waals surface area contributed by atoms with Crippen molar-refractivity contribution in [1.82, 2.24) is 0 Å². The van der Waals surface area contributed by atoms with Gasteiger partial charge < -0.3 is 9.64 Å². The zero-order valence-electron chi connectivity index (χ0n) is 9.27. The van der Waals surface area contributed by atoms with E-state index in [-0.39, 0.29) is 6.04 Å². The summed E-state index contributed by atoms with van der Waals surface area (Å²) in [4.78, 5) is 6.58. The van der Waals surface area contributed by atoms with Gasteiger partial charge in [-0.1, -0.05) is 22.0 Å². The Hall–Kier alpha value is -1.03. The van der Waals surface area contributed by atoms with Crippen molar-refractivity contribution in [2.75, 3.05) is 24.6 Å². The number of benzene rings is 1. The summed E-state index contributed by atoms with van der Waals surface area (Å²) in [6.07, 6.45) is 1.55. The highest BCUT2D eigenvalue weighted by Gasteiger charge is 2.16. The third-order valence-corrected chi connectivity index (χ3v) is 3.11. The standard InChI is InChI=1S/C12H15BrN2O/c1-2-15(7-11-8-16-9-14-11)12-5-3-4-10(13)6-12/h3-6,9,11H,2,7-8H2,1H3. The van der Waals surface area contributed by atoms with Crippen molar-refractivity contribution in [3.63, 3.8) is 0 Å². The number of anilines is 1. The number of ether oxygens (including phenoxy) is 1. The lowest BCUT2D eigenvalue weighted by molar-refractivity contribution is 0.328. The van der Waals surface area contributed by atoms with Gasteiger partial charge in [-0.2, -0.15) is 0 Å². The maximum atomic E-state index is 5.13. The zero-order chi connectivity index (χ0) is 11.4. The Labute approximate surface area is 104 Å². The van der Waals surface area contributed by atoms with Crippen LogP contribution in [0.15, 0.2) is 33.7 Å². The fourth-order valence-electron chi connectivity index (χ4n) is 1.77. The van der Waals surface area contributed by atoms with Crippen LogP contribution in [0.5, 0.6) is 0 Å². The summed E-state index contributed by atoms with van der Waals surface area (Å²) < 4.78 is 6.24. The topological polar surface area (TPSA) is 24.8 Å². The zero-order valence-corrected chi connectivity index (χ0v) is 10.9. The van der Waals surface area contributed by atoms with Gasteiger partial charge in [0.2, 0.25) is 0 Å². The average molecular weight is 283 g/mol. The van der Waals surface area contributed by atoms with Gasteiger partial charge in [-0.15, -0.1) is 0 Å². The summed E-state index contributed by atoms with van der Waals surface area (Å²) >= 11 is 3.49. The molecule has 0 fully saturated rings. The van der Waals surface area contributed by atoms with Crippen LogP contribution in [0, 0.1) is 0 Å². The third kappa shape index (κ3) is 2.76. The third-order valence-electron chi connectivity index (χ3n) is 2.62. The first-order chi connectivity index (χ1) is 7.79. The Balaban J connectivity index is 2.06. The lowest BCUT2D eigenvalue weighted by Crippen LogP contribution is -2.32. The van der Waals surface area contributed by atoms with E-state index in [9.17, 15) is 0 Å². The molecule has 1 aliphatic heterocycles. The summed E-state index contributed by atoms with van der Waals surface area (Å²) in [5.74, 6) is 0. The molecule has 0 spiro atoms. The van der Waals surface area contributed by atoms with Crippen molar-refractivity contribution in [2.45, 2.75) is 13.0 Å². The maximum Gasteiger partial charge on any atom is 0.169 e. The summed E-state index contributed by atoms with van der Waals surface area (Å²) in [7, 11) is 0. The van der Waals surface area contributed by atoms with Gasteiger partial charge in [-0.25, -0.2) is 4.99 Å². The molecular formula is C12H15BrN2O. The van der Waals surface area contributed by atoms with Crippen LogP contribution in [-0.4, -0.2) is 32.1 Å². The highest BCUT2D eigenvalue weighted by Crippen LogP contribution is 2.20. The molecule has 3 nitrogen and oxygen atoms in total. The Morgan fingerprint density at radius 3 is 3.06 bits per heavy atom. The van der Waals surface area contributed by atoms with Crippen LogP contribution < -0.4 is 4.90 Å². The van der Waals surface area contributed by atoms with Crippen LogP contribution in [0.1, 0.15) is 6.92 Å². The van der Waals surface area contributed by atoms with E-state index in [1.54, 1.807) is 6.40 Å². The number of likely N-dealkylation sites (N-methyl/N-ethyl adjacent to an activating group) is 1. The molecule has 0 radical (unpaired) electrons. The maximum absolute atomic E-state index is 5.13. The lowest BCUT2D eigenvalue weighted by Gasteiger charge is -2.24. The van der Waals surface area contributed by atoms with Crippen LogP contribution in [0.2, 0.25) is 0 Å². The van der Waals surface area contributed by atoms with Gasteiger partial charge in [0.1, 0.15) is 12.6 Å². The Bertz CT molecular complexity index is 381. The van der Waals surface area contributed by atoms with Gasteiger partial charge in [-0.05, 0) is 25.1 Å². The number of nitrogens with zero attached hydrogens (tertiary/aromatic N) is 2. The molecule has 1 aromatic carbocycles. The van der Waals surface area contributed by atoms with E-state index in [0.717, 1.165) is 17.6 Å². The fraction of sp³-hybridized carbons (Fsp3) is 0.417. The molecule has 1 unspecified atom stereocenters. The molecule has 2 rings (SSSR count). The molecule has 0 aromatic heterocycles. The van der Waals surface area contributed by atoms with Crippen LogP contribution in [-0.2, 0) is 4.74 Å². The van der Waals surface area contributed by atoms with Crippen molar-refractivity contribution in [1.29, 1.82) is 0 Å². The minimum absolute atomic E-state index is 0.263. The Morgan fingerprint density at radius 2 is 2.44 bits per heavy atom. The summed E-state index contributed by atoms with van der Waals surface area (Å²) in [6.45, 7) is 4.73. The largest absolute Gasteiger partial charge is 0.481 e. The number of hydrogen-bond donors (Lipinski definition) is 0. The Morgan fingerprint density at radius 1 is 1.56 bits per heavy atom. The van der Waals surface area contributed by atoms with Crippen molar-refractivity contribution in [3.8, 4) is 0 Å². The van der Waals surface area contributed by atoms with Crippen LogP contribution in [0.25, 0.3) is 0 Å². The summed E-state index contributed by atoms with van der Waals surface area (Å²) in [6, 6.07) is 8.60. The van der Waals surface area contributed by atoms with Crippen LogP contribution in [0.3, 0.4) is 0 Å². The van der Waals surface area contributed by atoms with Gasteiger partial charge in [0.25, 0.3) is 0 Å². The van der Waals surface area contributed by atoms with Crippen molar-refractivity contribution < 1.29 is 4.74 Å². The molecular weight excluding hydrogens is 268 g/mol. The molecule has 0 amide bonds. The Kier molecular flexibility index (Phi) is 3.83. The molecule has 86 valence electrons. The van der Waals surface area contributed by atoms with Gasteiger partial charge >= 0.3 is 0 Å². The van der Waals surface area contributed by atoms with Crippen LogP contribution >= 0.6 is 15.9 Å². The first-order valence-electron chi connectivity index (χ1n) is 5.43. The molecule has 4 heteroatoms. The second kappa shape index (κ2) is 5.34. The molecule has 16 heavy (non-hydrogen) atoms. The highest BCUT2D eigenvalue weighted by atomic mass is 79.9. The lowest BCUT2D eigenvalue weighted by atomic mass is 10.2. The predicted octanol–water partition coefficient (Wildman–Crippen LogP) is 2.70. The first-order valence-corrected chi connectivity index (χ1v) is 6.22. The quantitative estimate of drug-likeness (QED) is 0.848. The van der Waals surface area contributed by atoms with Gasteiger partial charge in [-0.3, -0.25) is 0 Å². The first kappa shape index (κ1) is 11.5. The normalized spacial score (nSPS) is 18.5. The molecule has 0 saturated heterocycles. The van der Waals surface area contributed by atoms with Crippen molar-refractivity contribution in [2.24, 2.45) is 4.99 Å². The highest BCUT2D eigenvalue weighted by molar-refractivity contribution is 9.10. The van der Waals surface area contributed by atoms with E-state index < -0.39 is 0 Å². The molecule has 1 aliphatic rings. The number of halogens is 1. The molecule has 0 aliphatic carbocycles. The second-order valence-corrected chi connectivity index (χ2v) is 4.68. The molecule has 0 N–H and O–H groups in total. The molecule has 1 aromatic rings. The number of hydrogen-bond acceptors (Lipinski definition) is 3. The minimum Gasteiger partial charge on any atom is -0.481 e. The minimum atomic E-state index is 0.263. The van der Waals surface area contributed by atoms with Crippen LogP contribution in [0.4, 0.5) is 5.69 Å². The monoisotopic (exact) mass is 282 g/mol. The summed E-state index contributed by atoms with van der Waals surface area (Å²) in [5.41, 5.74) is 1.22. The van der Waals surface area contributed by atoms with Gasteiger partial charge in [0.15, 0.2) is 6.40 Å². The van der Waals surface area contributed by atoms with E-state index in [1.807, 2.05) is 6.07 Å². The van der Waals surface area contributed by atoms with E-state index in [1.165, 1.54) is 5.69 Å². The van der Waals surface area contributed by atoms with E-state index >= 15 is 0 Å². The molecule has 1 atom stereocenters.